The molecule has 12 heteroatoms. The van der Waals surface area contributed by atoms with Gasteiger partial charge in [0.1, 0.15) is 6.54 Å². The van der Waals surface area contributed by atoms with Gasteiger partial charge in [-0.3, -0.25) is 9.10 Å². The molecule has 0 unspecified atom stereocenters. The molecule has 39 heavy (non-hydrogen) atoms. The summed E-state index contributed by atoms with van der Waals surface area (Å²) in [6.07, 6.45) is 2.81. The van der Waals surface area contributed by atoms with Gasteiger partial charge in [0.15, 0.2) is 0 Å². The van der Waals surface area contributed by atoms with Crippen LogP contribution in [-0.4, -0.2) is 39.3 Å². The van der Waals surface area contributed by atoms with Gasteiger partial charge in [0.2, 0.25) is 11.9 Å². The fourth-order valence-electron chi connectivity index (χ4n) is 3.83. The summed E-state index contributed by atoms with van der Waals surface area (Å²) < 4.78 is 55.8. The van der Waals surface area contributed by atoms with Crippen molar-refractivity contribution >= 4 is 43.3 Å². The number of carbonyl (C=O) groups is 1. The minimum atomic E-state index is -4.07. The molecule has 0 saturated carbocycles. The molecule has 0 aliphatic heterocycles. The Morgan fingerprint density at radius 3 is 1.92 bits per heavy atom. The van der Waals surface area contributed by atoms with Gasteiger partial charge in [-0.15, -0.1) is 0 Å². The summed E-state index contributed by atoms with van der Waals surface area (Å²) in [7, 11) is -8.02. The molecule has 0 spiro atoms. The first-order valence-electron chi connectivity index (χ1n) is 11.8. The van der Waals surface area contributed by atoms with Crippen LogP contribution in [0.1, 0.15) is 16.7 Å². The fourth-order valence-corrected chi connectivity index (χ4v) is 6.19. The van der Waals surface area contributed by atoms with E-state index in [1.54, 1.807) is 30.3 Å². The standard InChI is InChI=1S/C27H27N5O5S2/c1-19-5-9-25(10-6-19)39(36,37)32(23-16-20(2)15-21(3)17-23)18-26(33)30-22-7-11-24(12-8-22)38(34,35)31-27-28-13-4-14-29-27/h4-17H,18H2,1-3H3,(H,30,33)(H,28,29,31). The highest BCUT2D eigenvalue weighted by atomic mass is 32.2. The Bertz CT molecular complexity index is 1670. The molecule has 1 heterocycles. The molecule has 0 aliphatic rings. The Kier molecular flexibility index (Phi) is 7.98. The number of nitrogens with one attached hydrogen (secondary N) is 2. The summed E-state index contributed by atoms with van der Waals surface area (Å²) in [5.41, 5.74) is 3.25. The second-order valence-corrected chi connectivity index (χ2v) is 12.5. The zero-order chi connectivity index (χ0) is 28.2. The SMILES string of the molecule is Cc1ccc(S(=O)(=O)N(CC(=O)Nc2ccc(S(=O)(=O)Nc3ncccn3)cc2)c2cc(C)cc(C)c2)cc1. The average Bonchev–Trinajstić information content (AvgIpc) is 2.87. The zero-order valence-electron chi connectivity index (χ0n) is 21.5. The molecule has 0 atom stereocenters. The maximum atomic E-state index is 13.6. The monoisotopic (exact) mass is 565 g/mol. The van der Waals surface area contributed by atoms with Crippen LogP contribution in [0.4, 0.5) is 17.3 Å². The largest absolute Gasteiger partial charge is 0.325 e. The Morgan fingerprint density at radius 2 is 1.33 bits per heavy atom. The topological polar surface area (TPSA) is 138 Å². The Balaban J connectivity index is 1.56. The third-order valence-corrected chi connectivity index (χ3v) is 8.76. The highest BCUT2D eigenvalue weighted by Crippen LogP contribution is 2.26. The van der Waals surface area contributed by atoms with E-state index >= 15 is 0 Å². The van der Waals surface area contributed by atoms with Crippen molar-refractivity contribution in [2.24, 2.45) is 0 Å². The normalized spacial score (nSPS) is 11.6. The van der Waals surface area contributed by atoms with E-state index in [4.69, 9.17) is 0 Å². The lowest BCUT2D eigenvalue weighted by Gasteiger charge is -2.25. The van der Waals surface area contributed by atoms with Gasteiger partial charge in [0, 0.05) is 18.1 Å². The number of aryl methyl sites for hydroxylation is 3. The van der Waals surface area contributed by atoms with E-state index in [0.717, 1.165) is 21.0 Å². The van der Waals surface area contributed by atoms with Gasteiger partial charge in [-0.05, 0) is 86.5 Å². The third kappa shape index (κ3) is 6.78. The van der Waals surface area contributed by atoms with Crippen molar-refractivity contribution in [2.75, 3.05) is 20.9 Å². The van der Waals surface area contributed by atoms with E-state index in [1.807, 2.05) is 26.8 Å². The zero-order valence-corrected chi connectivity index (χ0v) is 23.1. The maximum absolute atomic E-state index is 13.6. The minimum absolute atomic E-state index is 0.0597. The molecule has 0 saturated heterocycles. The van der Waals surface area contributed by atoms with Gasteiger partial charge in [0.25, 0.3) is 20.0 Å². The number of carbonyl (C=O) groups excluding carboxylic acids is 1. The summed E-state index contributed by atoms with van der Waals surface area (Å²) in [6.45, 7) is 5.06. The number of hydrogen-bond acceptors (Lipinski definition) is 7. The molecule has 4 rings (SSSR count). The summed E-state index contributed by atoms with van der Waals surface area (Å²) in [5.74, 6) is -0.674. The Morgan fingerprint density at radius 1 is 0.769 bits per heavy atom. The van der Waals surface area contributed by atoms with Crippen molar-refractivity contribution in [3.05, 3.63) is 102 Å². The lowest BCUT2D eigenvalue weighted by Crippen LogP contribution is -2.38. The lowest BCUT2D eigenvalue weighted by molar-refractivity contribution is -0.114. The number of hydrogen-bond donors (Lipinski definition) is 2. The van der Waals surface area contributed by atoms with Crippen LogP contribution in [-0.2, 0) is 24.8 Å². The van der Waals surface area contributed by atoms with Crippen molar-refractivity contribution < 1.29 is 21.6 Å². The van der Waals surface area contributed by atoms with Crippen LogP contribution in [0.25, 0.3) is 0 Å². The molecule has 0 aliphatic carbocycles. The number of benzene rings is 3. The number of sulfonamides is 2. The molecule has 10 nitrogen and oxygen atoms in total. The molecular formula is C27H27N5O5S2. The van der Waals surface area contributed by atoms with Crippen LogP contribution < -0.4 is 14.3 Å². The van der Waals surface area contributed by atoms with Gasteiger partial charge in [-0.1, -0.05) is 23.8 Å². The quantitative estimate of drug-likeness (QED) is 0.312. The first-order chi connectivity index (χ1) is 18.4. The smallest absolute Gasteiger partial charge is 0.264 e. The minimum Gasteiger partial charge on any atom is -0.325 e. The predicted molar refractivity (Wildman–Crippen MR) is 150 cm³/mol. The van der Waals surface area contributed by atoms with E-state index in [1.165, 1.54) is 48.8 Å². The summed E-state index contributed by atoms with van der Waals surface area (Å²) >= 11 is 0. The number of amides is 1. The summed E-state index contributed by atoms with van der Waals surface area (Å²) in [6, 6.07) is 18.7. The second-order valence-electron chi connectivity index (χ2n) is 8.92. The van der Waals surface area contributed by atoms with E-state index in [0.29, 0.717) is 11.4 Å². The van der Waals surface area contributed by atoms with Crippen LogP contribution in [0.2, 0.25) is 0 Å². The van der Waals surface area contributed by atoms with Crippen molar-refractivity contribution in [3.8, 4) is 0 Å². The number of aromatic nitrogens is 2. The molecule has 1 amide bonds. The van der Waals surface area contributed by atoms with Crippen LogP contribution >= 0.6 is 0 Å². The van der Waals surface area contributed by atoms with Gasteiger partial charge in [-0.25, -0.2) is 31.5 Å². The molecule has 0 radical (unpaired) electrons. The number of nitrogens with zero attached hydrogens (tertiary/aromatic N) is 3. The van der Waals surface area contributed by atoms with E-state index in [9.17, 15) is 21.6 Å². The number of anilines is 3. The molecule has 0 fully saturated rings. The van der Waals surface area contributed by atoms with Crippen molar-refractivity contribution in [1.82, 2.24) is 9.97 Å². The van der Waals surface area contributed by atoms with Gasteiger partial charge < -0.3 is 5.32 Å². The summed E-state index contributed by atoms with van der Waals surface area (Å²) in [4.78, 5) is 20.7. The first-order valence-corrected chi connectivity index (χ1v) is 14.7. The molecule has 0 bridgehead atoms. The van der Waals surface area contributed by atoms with Crippen LogP contribution in [0, 0.1) is 20.8 Å². The van der Waals surface area contributed by atoms with Crippen LogP contribution in [0.5, 0.6) is 0 Å². The molecule has 1 aromatic heterocycles. The Hall–Kier alpha value is -4.29. The highest BCUT2D eigenvalue weighted by Gasteiger charge is 2.28. The van der Waals surface area contributed by atoms with E-state index in [2.05, 4.69) is 20.0 Å². The molecule has 2 N–H and O–H groups in total. The van der Waals surface area contributed by atoms with E-state index < -0.39 is 32.5 Å². The van der Waals surface area contributed by atoms with Crippen molar-refractivity contribution in [3.63, 3.8) is 0 Å². The van der Waals surface area contributed by atoms with Crippen molar-refractivity contribution in [2.45, 2.75) is 30.6 Å². The number of rotatable bonds is 9. The van der Waals surface area contributed by atoms with Gasteiger partial charge in [0.05, 0.1) is 15.5 Å². The first kappa shape index (κ1) is 27.7. The van der Waals surface area contributed by atoms with Crippen LogP contribution in [0.3, 0.4) is 0 Å². The molecule has 4 aromatic rings. The van der Waals surface area contributed by atoms with Gasteiger partial charge >= 0.3 is 0 Å². The second kappa shape index (κ2) is 11.2. The molecule has 3 aromatic carbocycles. The molecular weight excluding hydrogens is 538 g/mol. The molecule has 202 valence electrons. The Labute approximate surface area is 227 Å². The highest BCUT2D eigenvalue weighted by molar-refractivity contribution is 7.93. The van der Waals surface area contributed by atoms with Crippen LogP contribution in [0.15, 0.2) is 95.0 Å². The van der Waals surface area contributed by atoms with Crippen molar-refractivity contribution in [1.29, 1.82) is 0 Å². The maximum Gasteiger partial charge on any atom is 0.264 e. The van der Waals surface area contributed by atoms with E-state index in [-0.39, 0.29) is 15.7 Å². The average molecular weight is 566 g/mol. The lowest BCUT2D eigenvalue weighted by atomic mass is 10.1. The predicted octanol–water partition coefficient (Wildman–Crippen LogP) is 4.04. The summed E-state index contributed by atoms with van der Waals surface area (Å²) in [5, 5.41) is 2.65. The van der Waals surface area contributed by atoms with Gasteiger partial charge in [-0.2, -0.15) is 0 Å². The third-order valence-electron chi connectivity index (χ3n) is 5.63. The fraction of sp³-hybridized carbons (Fsp3) is 0.148.